The van der Waals surface area contributed by atoms with Gasteiger partial charge in [0, 0.05) is 37.6 Å². The van der Waals surface area contributed by atoms with Crippen molar-refractivity contribution in [3.8, 4) is 5.88 Å². The van der Waals surface area contributed by atoms with Crippen molar-refractivity contribution < 1.29 is 13.5 Å². The van der Waals surface area contributed by atoms with Gasteiger partial charge in [0.25, 0.3) is 0 Å². The van der Waals surface area contributed by atoms with E-state index < -0.39 is 11.6 Å². The van der Waals surface area contributed by atoms with Crippen LogP contribution in [0.25, 0.3) is 0 Å². The average Bonchev–Trinajstić information content (AvgIpc) is 2.54. The summed E-state index contributed by atoms with van der Waals surface area (Å²) in [5.74, 6) is -0.461. The molecule has 0 spiro atoms. The summed E-state index contributed by atoms with van der Waals surface area (Å²) in [4.78, 5) is 10.1. The lowest BCUT2D eigenvalue weighted by Gasteiger charge is -2.31. The number of aromatic nitrogens is 2. The van der Waals surface area contributed by atoms with Gasteiger partial charge in [-0.05, 0) is 25.0 Å². The maximum atomic E-state index is 13.7. The van der Waals surface area contributed by atoms with Crippen LogP contribution >= 0.6 is 0 Å². The normalized spacial score (nSPS) is 16.6. The van der Waals surface area contributed by atoms with Crippen LogP contribution in [0.5, 0.6) is 5.88 Å². The Bertz CT molecular complexity index is 596. The minimum absolute atomic E-state index is 0.0680. The molecule has 1 fully saturated rings. The van der Waals surface area contributed by atoms with E-state index in [1.165, 1.54) is 18.2 Å². The molecule has 0 aliphatic carbocycles. The first-order chi connectivity index (χ1) is 10.7. The number of likely N-dealkylation sites (tertiary alicyclic amines) is 1. The van der Waals surface area contributed by atoms with E-state index in [4.69, 9.17) is 4.74 Å². The molecule has 0 radical (unpaired) electrons. The van der Waals surface area contributed by atoms with Crippen molar-refractivity contribution in [1.29, 1.82) is 0 Å². The van der Waals surface area contributed by atoms with Crippen LogP contribution in [0, 0.1) is 11.6 Å². The standard InChI is InChI=1S/C16H17F2N3O/c17-14-2-1-3-15(18)13(14)11-21-8-4-12(5-9-21)22-16-10-19-6-7-20-16/h1-3,6-7,10,12H,4-5,8-9,11H2. The predicted octanol–water partition coefficient (Wildman–Crippen LogP) is 2.80. The predicted molar refractivity (Wildman–Crippen MR) is 77.3 cm³/mol. The zero-order chi connectivity index (χ0) is 15.4. The summed E-state index contributed by atoms with van der Waals surface area (Å²) >= 11 is 0. The lowest BCUT2D eigenvalue weighted by molar-refractivity contribution is 0.0917. The molecule has 0 saturated carbocycles. The summed E-state index contributed by atoms with van der Waals surface area (Å²) in [5.41, 5.74) is 0.135. The first kappa shape index (κ1) is 14.8. The van der Waals surface area contributed by atoms with Gasteiger partial charge in [-0.25, -0.2) is 13.8 Å². The van der Waals surface area contributed by atoms with Crippen LogP contribution in [-0.4, -0.2) is 34.1 Å². The number of benzene rings is 1. The van der Waals surface area contributed by atoms with Crippen molar-refractivity contribution in [1.82, 2.24) is 14.9 Å². The molecule has 2 aromatic rings. The topological polar surface area (TPSA) is 38.2 Å². The van der Waals surface area contributed by atoms with Crippen LogP contribution in [0.15, 0.2) is 36.8 Å². The fourth-order valence-electron chi connectivity index (χ4n) is 2.61. The monoisotopic (exact) mass is 305 g/mol. The van der Waals surface area contributed by atoms with Crippen molar-refractivity contribution in [2.45, 2.75) is 25.5 Å². The van der Waals surface area contributed by atoms with E-state index in [0.29, 0.717) is 5.88 Å². The molecule has 1 aromatic carbocycles. The van der Waals surface area contributed by atoms with Crippen molar-refractivity contribution in [2.75, 3.05) is 13.1 Å². The molecule has 0 atom stereocenters. The molecule has 1 aromatic heterocycles. The van der Waals surface area contributed by atoms with E-state index in [2.05, 4.69) is 9.97 Å². The molecule has 3 rings (SSSR count). The van der Waals surface area contributed by atoms with Crippen molar-refractivity contribution in [3.05, 3.63) is 54.0 Å². The summed E-state index contributed by atoms with van der Waals surface area (Å²) in [7, 11) is 0. The summed E-state index contributed by atoms with van der Waals surface area (Å²) in [6, 6.07) is 3.97. The van der Waals surface area contributed by atoms with Gasteiger partial charge in [0.05, 0.1) is 6.20 Å². The molecule has 116 valence electrons. The first-order valence-electron chi connectivity index (χ1n) is 7.30. The zero-order valence-electron chi connectivity index (χ0n) is 12.1. The fourth-order valence-corrected chi connectivity index (χ4v) is 2.61. The van der Waals surface area contributed by atoms with E-state index in [9.17, 15) is 8.78 Å². The molecule has 0 amide bonds. The summed E-state index contributed by atoms with van der Waals surface area (Å²) < 4.78 is 33.1. The molecular weight excluding hydrogens is 288 g/mol. The summed E-state index contributed by atoms with van der Waals surface area (Å²) in [6.45, 7) is 1.76. The van der Waals surface area contributed by atoms with Gasteiger partial charge >= 0.3 is 0 Å². The third-order valence-corrected chi connectivity index (χ3v) is 3.80. The maximum Gasteiger partial charge on any atom is 0.232 e. The van der Waals surface area contributed by atoms with Gasteiger partial charge in [-0.1, -0.05) is 6.07 Å². The largest absolute Gasteiger partial charge is 0.473 e. The third-order valence-electron chi connectivity index (χ3n) is 3.80. The Morgan fingerprint density at radius 2 is 1.86 bits per heavy atom. The minimum Gasteiger partial charge on any atom is -0.473 e. The van der Waals surface area contributed by atoms with Crippen LogP contribution in [-0.2, 0) is 6.54 Å². The molecular formula is C16H17F2N3O. The van der Waals surface area contributed by atoms with Gasteiger partial charge in [-0.2, -0.15) is 0 Å². The second-order valence-corrected chi connectivity index (χ2v) is 5.34. The highest BCUT2D eigenvalue weighted by molar-refractivity contribution is 5.19. The van der Waals surface area contributed by atoms with Gasteiger partial charge in [-0.15, -0.1) is 0 Å². The number of rotatable bonds is 4. The van der Waals surface area contributed by atoms with Crippen LogP contribution < -0.4 is 4.74 Å². The average molecular weight is 305 g/mol. The lowest BCUT2D eigenvalue weighted by atomic mass is 10.1. The highest BCUT2D eigenvalue weighted by atomic mass is 19.1. The van der Waals surface area contributed by atoms with Crippen LogP contribution in [0.1, 0.15) is 18.4 Å². The Hall–Kier alpha value is -2.08. The van der Waals surface area contributed by atoms with Crippen LogP contribution in [0.2, 0.25) is 0 Å². The minimum atomic E-state index is -0.488. The molecule has 0 unspecified atom stereocenters. The van der Waals surface area contributed by atoms with Crippen molar-refractivity contribution in [2.24, 2.45) is 0 Å². The van der Waals surface area contributed by atoms with Gasteiger partial charge in [0.15, 0.2) is 0 Å². The van der Waals surface area contributed by atoms with E-state index in [0.717, 1.165) is 25.9 Å². The van der Waals surface area contributed by atoms with E-state index in [-0.39, 0.29) is 18.2 Å². The van der Waals surface area contributed by atoms with E-state index in [1.54, 1.807) is 18.6 Å². The SMILES string of the molecule is Fc1cccc(F)c1CN1CCC(Oc2cnccn2)CC1. The van der Waals surface area contributed by atoms with Crippen molar-refractivity contribution in [3.63, 3.8) is 0 Å². The number of hydrogen-bond donors (Lipinski definition) is 0. The number of piperidine rings is 1. The Morgan fingerprint density at radius 3 is 2.50 bits per heavy atom. The molecule has 2 heterocycles. The number of hydrogen-bond acceptors (Lipinski definition) is 4. The highest BCUT2D eigenvalue weighted by Gasteiger charge is 2.22. The molecule has 0 N–H and O–H groups in total. The molecule has 4 nitrogen and oxygen atoms in total. The third kappa shape index (κ3) is 3.57. The zero-order valence-corrected chi connectivity index (χ0v) is 12.1. The number of ether oxygens (including phenoxy) is 1. The van der Waals surface area contributed by atoms with Gasteiger partial charge in [0.1, 0.15) is 17.7 Å². The highest BCUT2D eigenvalue weighted by Crippen LogP contribution is 2.20. The molecule has 6 heteroatoms. The molecule has 0 bridgehead atoms. The van der Waals surface area contributed by atoms with Crippen LogP contribution in [0.4, 0.5) is 8.78 Å². The first-order valence-corrected chi connectivity index (χ1v) is 7.30. The Balaban J connectivity index is 1.54. The molecule has 22 heavy (non-hydrogen) atoms. The summed E-state index contributed by atoms with van der Waals surface area (Å²) in [6.07, 6.45) is 6.43. The van der Waals surface area contributed by atoms with Gasteiger partial charge in [0.2, 0.25) is 5.88 Å². The molecule has 1 saturated heterocycles. The van der Waals surface area contributed by atoms with E-state index in [1.807, 2.05) is 4.90 Å². The Morgan fingerprint density at radius 1 is 1.14 bits per heavy atom. The maximum absolute atomic E-state index is 13.7. The second-order valence-electron chi connectivity index (χ2n) is 5.34. The quantitative estimate of drug-likeness (QED) is 0.870. The fraction of sp³-hybridized carbons (Fsp3) is 0.375. The second kappa shape index (κ2) is 6.79. The van der Waals surface area contributed by atoms with Gasteiger partial charge in [-0.3, -0.25) is 9.88 Å². The summed E-state index contributed by atoms with van der Waals surface area (Å²) in [5, 5.41) is 0. The Labute approximate surface area is 127 Å². The lowest BCUT2D eigenvalue weighted by Crippen LogP contribution is -2.38. The Kier molecular flexibility index (Phi) is 4.58. The smallest absolute Gasteiger partial charge is 0.232 e. The number of halogens is 2. The molecule has 1 aliphatic rings. The van der Waals surface area contributed by atoms with Gasteiger partial charge < -0.3 is 4.74 Å². The van der Waals surface area contributed by atoms with Crippen molar-refractivity contribution >= 4 is 0 Å². The molecule has 1 aliphatic heterocycles. The number of nitrogens with zero attached hydrogens (tertiary/aromatic N) is 3. The van der Waals surface area contributed by atoms with Crippen LogP contribution in [0.3, 0.4) is 0 Å². The van der Waals surface area contributed by atoms with E-state index >= 15 is 0 Å².